The van der Waals surface area contributed by atoms with Crippen LogP contribution in [0.2, 0.25) is 0 Å². The van der Waals surface area contributed by atoms with Crippen LogP contribution in [0.15, 0.2) is 24.3 Å². The number of fused-ring (bicyclic) bond motifs is 1. The van der Waals surface area contributed by atoms with Gasteiger partial charge in [0.25, 0.3) is 0 Å². The SMILES string of the molecule is CNc1nc([C@H]2CCCN2CC(=O)Nc2ccc(F)cc2)nc2c1CCN(C(C)=O)C2. The number of rotatable bonds is 5. The van der Waals surface area contributed by atoms with Crippen LogP contribution in [0.3, 0.4) is 0 Å². The minimum atomic E-state index is -0.342. The highest BCUT2D eigenvalue weighted by atomic mass is 19.1. The quantitative estimate of drug-likeness (QED) is 0.763. The number of nitrogens with one attached hydrogen (secondary N) is 2. The number of hydrogen-bond donors (Lipinski definition) is 2. The standard InChI is InChI=1S/C22H27FN6O2/c1-14(30)28-11-9-17-18(12-28)26-22(27-21(17)24-2)19-4-3-10-29(19)13-20(31)25-16-7-5-15(23)6-8-16/h5-8,19H,3-4,9-13H2,1-2H3,(H,25,31)(H,24,26,27)/t19-/m1/s1. The molecule has 1 atom stereocenters. The Balaban J connectivity index is 1.51. The molecule has 1 aromatic heterocycles. The fourth-order valence-corrected chi connectivity index (χ4v) is 4.30. The van der Waals surface area contributed by atoms with Crippen molar-refractivity contribution in [3.63, 3.8) is 0 Å². The summed E-state index contributed by atoms with van der Waals surface area (Å²) in [5.74, 6) is 1.02. The molecule has 4 rings (SSSR count). The molecule has 3 heterocycles. The Morgan fingerprint density at radius 3 is 2.68 bits per heavy atom. The van der Waals surface area contributed by atoms with E-state index < -0.39 is 0 Å². The van der Waals surface area contributed by atoms with E-state index in [-0.39, 0.29) is 30.2 Å². The van der Waals surface area contributed by atoms with E-state index in [2.05, 4.69) is 15.5 Å². The lowest BCUT2D eigenvalue weighted by atomic mass is 10.0. The van der Waals surface area contributed by atoms with Gasteiger partial charge in [-0.1, -0.05) is 0 Å². The summed E-state index contributed by atoms with van der Waals surface area (Å²) in [6.45, 7) is 3.70. The Kier molecular flexibility index (Phi) is 6.13. The molecule has 31 heavy (non-hydrogen) atoms. The molecular weight excluding hydrogens is 399 g/mol. The smallest absolute Gasteiger partial charge is 0.238 e. The predicted molar refractivity (Wildman–Crippen MR) is 115 cm³/mol. The van der Waals surface area contributed by atoms with Gasteiger partial charge in [-0.25, -0.2) is 14.4 Å². The first-order valence-corrected chi connectivity index (χ1v) is 10.6. The molecule has 2 N–H and O–H groups in total. The van der Waals surface area contributed by atoms with Gasteiger partial charge in [-0.3, -0.25) is 14.5 Å². The van der Waals surface area contributed by atoms with Crippen molar-refractivity contribution in [3.8, 4) is 0 Å². The largest absolute Gasteiger partial charge is 0.373 e. The number of aromatic nitrogens is 2. The molecule has 9 heteroatoms. The molecule has 2 amide bonds. The molecule has 1 aromatic carbocycles. The monoisotopic (exact) mass is 426 g/mol. The van der Waals surface area contributed by atoms with Gasteiger partial charge in [-0.15, -0.1) is 0 Å². The van der Waals surface area contributed by atoms with Crippen LogP contribution in [0.4, 0.5) is 15.9 Å². The highest BCUT2D eigenvalue weighted by Gasteiger charge is 2.32. The minimum Gasteiger partial charge on any atom is -0.373 e. The summed E-state index contributed by atoms with van der Waals surface area (Å²) in [7, 11) is 1.84. The Bertz CT molecular complexity index is 981. The summed E-state index contributed by atoms with van der Waals surface area (Å²) in [5, 5.41) is 5.99. The van der Waals surface area contributed by atoms with Gasteiger partial charge in [0.05, 0.1) is 24.8 Å². The topological polar surface area (TPSA) is 90.5 Å². The first-order chi connectivity index (χ1) is 14.9. The van der Waals surface area contributed by atoms with E-state index in [0.717, 1.165) is 42.9 Å². The normalized spacial score (nSPS) is 18.5. The van der Waals surface area contributed by atoms with Crippen LogP contribution in [-0.4, -0.2) is 58.3 Å². The number of likely N-dealkylation sites (tertiary alicyclic amines) is 1. The average molecular weight is 426 g/mol. The van der Waals surface area contributed by atoms with Crippen molar-refractivity contribution in [1.29, 1.82) is 0 Å². The van der Waals surface area contributed by atoms with Crippen LogP contribution in [-0.2, 0) is 22.6 Å². The Hall–Kier alpha value is -3.07. The zero-order valence-electron chi connectivity index (χ0n) is 17.8. The number of anilines is 2. The third-order valence-corrected chi connectivity index (χ3v) is 5.90. The van der Waals surface area contributed by atoms with Crippen LogP contribution >= 0.6 is 0 Å². The zero-order chi connectivity index (χ0) is 22.0. The average Bonchev–Trinajstić information content (AvgIpc) is 3.22. The number of amides is 2. The van der Waals surface area contributed by atoms with E-state index >= 15 is 0 Å². The second kappa shape index (κ2) is 8.97. The minimum absolute atomic E-state index is 0.0387. The third kappa shape index (κ3) is 4.66. The van der Waals surface area contributed by atoms with E-state index in [1.165, 1.54) is 12.1 Å². The van der Waals surface area contributed by atoms with Gasteiger partial charge < -0.3 is 15.5 Å². The number of nitrogens with zero attached hydrogens (tertiary/aromatic N) is 4. The maximum atomic E-state index is 13.1. The summed E-state index contributed by atoms with van der Waals surface area (Å²) in [5.41, 5.74) is 2.50. The fraction of sp³-hybridized carbons (Fsp3) is 0.455. The molecule has 1 fully saturated rings. The van der Waals surface area contributed by atoms with E-state index in [4.69, 9.17) is 9.97 Å². The van der Waals surface area contributed by atoms with Gasteiger partial charge in [0.1, 0.15) is 17.5 Å². The molecule has 2 aliphatic heterocycles. The second-order valence-electron chi connectivity index (χ2n) is 7.98. The lowest BCUT2D eigenvalue weighted by molar-refractivity contribution is -0.129. The Morgan fingerprint density at radius 2 is 1.97 bits per heavy atom. The number of benzene rings is 1. The van der Waals surface area contributed by atoms with Crippen molar-refractivity contribution in [3.05, 3.63) is 47.2 Å². The molecule has 0 unspecified atom stereocenters. The lowest BCUT2D eigenvalue weighted by Crippen LogP contribution is -2.37. The van der Waals surface area contributed by atoms with Crippen molar-refractivity contribution in [2.45, 2.75) is 38.8 Å². The Morgan fingerprint density at radius 1 is 1.19 bits per heavy atom. The van der Waals surface area contributed by atoms with Crippen molar-refractivity contribution in [2.24, 2.45) is 0 Å². The molecule has 164 valence electrons. The number of halogens is 1. The van der Waals surface area contributed by atoms with Gasteiger partial charge in [0.2, 0.25) is 11.8 Å². The van der Waals surface area contributed by atoms with Crippen molar-refractivity contribution >= 4 is 23.3 Å². The molecule has 2 aromatic rings. The predicted octanol–water partition coefficient (Wildman–Crippen LogP) is 2.34. The van der Waals surface area contributed by atoms with Gasteiger partial charge in [-0.05, 0) is 50.1 Å². The number of carbonyl (C=O) groups is 2. The van der Waals surface area contributed by atoms with Crippen LogP contribution in [0.25, 0.3) is 0 Å². The first-order valence-electron chi connectivity index (χ1n) is 10.6. The molecular formula is C22H27FN6O2. The maximum absolute atomic E-state index is 13.1. The summed E-state index contributed by atoms with van der Waals surface area (Å²) in [4.78, 5) is 37.9. The van der Waals surface area contributed by atoms with E-state index in [1.807, 2.05) is 7.05 Å². The molecule has 0 radical (unpaired) electrons. The van der Waals surface area contributed by atoms with Gasteiger partial charge in [0, 0.05) is 31.8 Å². The van der Waals surface area contributed by atoms with Crippen molar-refractivity contribution in [2.75, 3.05) is 37.3 Å². The van der Waals surface area contributed by atoms with E-state index in [0.29, 0.717) is 24.6 Å². The zero-order valence-corrected chi connectivity index (χ0v) is 17.8. The van der Waals surface area contributed by atoms with Crippen LogP contribution in [0.5, 0.6) is 0 Å². The summed E-state index contributed by atoms with van der Waals surface area (Å²) < 4.78 is 13.1. The van der Waals surface area contributed by atoms with Crippen LogP contribution in [0.1, 0.15) is 42.9 Å². The molecule has 0 bridgehead atoms. The maximum Gasteiger partial charge on any atom is 0.238 e. The third-order valence-electron chi connectivity index (χ3n) is 5.90. The van der Waals surface area contributed by atoms with Gasteiger partial charge in [-0.2, -0.15) is 0 Å². The molecule has 1 saturated heterocycles. The molecule has 8 nitrogen and oxygen atoms in total. The molecule has 0 saturated carbocycles. The second-order valence-corrected chi connectivity index (χ2v) is 7.98. The van der Waals surface area contributed by atoms with E-state index in [1.54, 1.807) is 24.0 Å². The Labute approximate surface area is 180 Å². The van der Waals surface area contributed by atoms with Crippen LogP contribution < -0.4 is 10.6 Å². The van der Waals surface area contributed by atoms with Crippen molar-refractivity contribution in [1.82, 2.24) is 19.8 Å². The summed E-state index contributed by atoms with van der Waals surface area (Å²) in [6.07, 6.45) is 2.53. The molecule has 0 aliphatic carbocycles. The highest BCUT2D eigenvalue weighted by molar-refractivity contribution is 5.92. The van der Waals surface area contributed by atoms with Gasteiger partial charge in [0.15, 0.2) is 0 Å². The first kappa shape index (κ1) is 21.2. The highest BCUT2D eigenvalue weighted by Crippen LogP contribution is 2.32. The van der Waals surface area contributed by atoms with Crippen LogP contribution in [0, 0.1) is 5.82 Å². The number of carbonyl (C=O) groups excluding carboxylic acids is 2. The lowest BCUT2D eigenvalue weighted by Gasteiger charge is -2.30. The summed E-state index contributed by atoms with van der Waals surface area (Å²) in [6, 6.07) is 5.66. The van der Waals surface area contributed by atoms with E-state index in [9.17, 15) is 14.0 Å². The van der Waals surface area contributed by atoms with Crippen molar-refractivity contribution < 1.29 is 14.0 Å². The molecule has 0 spiro atoms. The fourth-order valence-electron chi connectivity index (χ4n) is 4.30. The summed E-state index contributed by atoms with van der Waals surface area (Å²) >= 11 is 0. The molecule has 2 aliphatic rings. The van der Waals surface area contributed by atoms with Gasteiger partial charge >= 0.3 is 0 Å². The number of hydrogen-bond acceptors (Lipinski definition) is 6.